The fourth-order valence-corrected chi connectivity index (χ4v) is 6.55. The lowest BCUT2D eigenvalue weighted by Gasteiger charge is -2.35. The van der Waals surface area contributed by atoms with Gasteiger partial charge in [-0.05, 0) is 60.7 Å². The van der Waals surface area contributed by atoms with Gasteiger partial charge in [-0.1, -0.05) is 18.2 Å². The number of imide groups is 1. The predicted octanol–water partition coefficient (Wildman–Crippen LogP) is 3.90. The molecule has 12 heteroatoms. The number of amides is 4. The van der Waals surface area contributed by atoms with Gasteiger partial charge in [0.15, 0.2) is 0 Å². The summed E-state index contributed by atoms with van der Waals surface area (Å²) in [6, 6.07) is 6.93. The van der Waals surface area contributed by atoms with Crippen LogP contribution in [0.5, 0.6) is 0 Å². The van der Waals surface area contributed by atoms with Crippen molar-refractivity contribution in [3.05, 3.63) is 59.4 Å². The van der Waals surface area contributed by atoms with Gasteiger partial charge in [0.25, 0.3) is 5.91 Å². The smallest absolute Gasteiger partial charge is 0.342 e. The normalized spacial score (nSPS) is 24.3. The van der Waals surface area contributed by atoms with Crippen molar-refractivity contribution in [1.82, 2.24) is 20.0 Å². The summed E-state index contributed by atoms with van der Waals surface area (Å²) in [5, 5.41) is 8.16. The highest BCUT2D eigenvalue weighted by molar-refractivity contribution is 6.27. The van der Waals surface area contributed by atoms with Crippen molar-refractivity contribution in [3.63, 3.8) is 0 Å². The van der Waals surface area contributed by atoms with Gasteiger partial charge in [0, 0.05) is 43.1 Å². The van der Waals surface area contributed by atoms with Gasteiger partial charge in [0.05, 0.1) is 19.3 Å². The topological polar surface area (TPSA) is 105 Å². The summed E-state index contributed by atoms with van der Waals surface area (Å²) in [5.74, 6) is -2.56. The Morgan fingerprint density at radius 1 is 1.10 bits per heavy atom. The SMILES string of the molecule is [2H][C@]1(N2C(=O)c3cccc4c(Cc5cnn(C6CCN(C(=O)C7(C(F)(F)F)CC7)CC6)c5)ccc2c34)CCC(=O)NC1=O. The molecule has 7 rings (SSSR count). The lowest BCUT2D eigenvalue weighted by molar-refractivity contribution is -0.199. The lowest BCUT2D eigenvalue weighted by atomic mass is 9.97. The first-order chi connectivity index (χ1) is 20.4. The molecule has 3 fully saturated rings. The Labute approximate surface area is 240 Å². The Morgan fingerprint density at radius 2 is 1.86 bits per heavy atom. The molecule has 1 atom stereocenters. The second kappa shape index (κ2) is 9.40. The maximum absolute atomic E-state index is 13.5. The number of benzene rings is 2. The molecular weight excluding hydrogens is 551 g/mol. The van der Waals surface area contributed by atoms with Crippen molar-refractivity contribution in [2.45, 2.75) is 63.2 Å². The number of hydrogen-bond acceptors (Lipinski definition) is 5. The summed E-state index contributed by atoms with van der Waals surface area (Å²) in [7, 11) is 0. The molecule has 4 aliphatic rings. The first-order valence-corrected chi connectivity index (χ1v) is 14.1. The Morgan fingerprint density at radius 3 is 2.55 bits per heavy atom. The van der Waals surface area contributed by atoms with Crippen molar-refractivity contribution in [2.24, 2.45) is 5.41 Å². The van der Waals surface area contributed by atoms with E-state index >= 15 is 0 Å². The number of carbonyl (C=O) groups is 4. The Hall–Kier alpha value is -4.22. The van der Waals surface area contributed by atoms with E-state index in [-0.39, 0.29) is 44.8 Å². The molecular formula is C30H28F3N5O4. The minimum absolute atomic E-state index is 0.0375. The Kier molecular flexibility index (Phi) is 5.70. The summed E-state index contributed by atoms with van der Waals surface area (Å²) in [4.78, 5) is 53.1. The van der Waals surface area contributed by atoms with Crippen molar-refractivity contribution in [3.8, 4) is 0 Å². The van der Waals surface area contributed by atoms with Gasteiger partial charge in [-0.2, -0.15) is 18.3 Å². The van der Waals surface area contributed by atoms with E-state index in [2.05, 4.69) is 10.4 Å². The molecule has 3 aromatic rings. The number of rotatable bonds is 5. The van der Waals surface area contributed by atoms with Gasteiger partial charge >= 0.3 is 6.18 Å². The summed E-state index contributed by atoms with van der Waals surface area (Å²) in [5.41, 5.74) is 0.467. The van der Waals surface area contributed by atoms with E-state index in [0.717, 1.165) is 16.5 Å². The highest BCUT2D eigenvalue weighted by atomic mass is 19.4. The number of anilines is 1. The van der Waals surface area contributed by atoms with E-state index in [1.807, 2.05) is 23.0 Å². The van der Waals surface area contributed by atoms with Gasteiger partial charge in [0.2, 0.25) is 17.7 Å². The maximum Gasteiger partial charge on any atom is 0.403 e. The van der Waals surface area contributed by atoms with Crippen LogP contribution in [0.4, 0.5) is 18.9 Å². The second-order valence-electron chi connectivity index (χ2n) is 11.5. The number of halogens is 3. The van der Waals surface area contributed by atoms with Crippen molar-refractivity contribution in [1.29, 1.82) is 0 Å². The van der Waals surface area contributed by atoms with Crippen LogP contribution >= 0.6 is 0 Å². The zero-order valence-corrected chi connectivity index (χ0v) is 22.5. The molecule has 4 amide bonds. The number of carbonyl (C=O) groups excluding carboxylic acids is 4. The molecule has 1 N–H and O–H groups in total. The van der Waals surface area contributed by atoms with E-state index < -0.39 is 41.2 Å². The molecule has 4 heterocycles. The monoisotopic (exact) mass is 580 g/mol. The van der Waals surface area contributed by atoms with Gasteiger partial charge in [-0.25, -0.2) is 0 Å². The molecule has 0 bridgehead atoms. The van der Waals surface area contributed by atoms with E-state index in [9.17, 15) is 32.3 Å². The molecule has 218 valence electrons. The predicted molar refractivity (Wildman–Crippen MR) is 145 cm³/mol. The maximum atomic E-state index is 13.5. The first kappa shape index (κ1) is 25.5. The summed E-state index contributed by atoms with van der Waals surface area (Å²) >= 11 is 0. The third-order valence-electron chi connectivity index (χ3n) is 9.03. The zero-order valence-electron chi connectivity index (χ0n) is 23.5. The molecule has 1 saturated carbocycles. The zero-order chi connectivity index (χ0) is 30.3. The third kappa shape index (κ3) is 4.10. The van der Waals surface area contributed by atoms with Crippen LogP contribution in [0.25, 0.3) is 10.8 Å². The molecule has 2 aromatic carbocycles. The van der Waals surface area contributed by atoms with Crippen molar-refractivity contribution >= 4 is 40.1 Å². The van der Waals surface area contributed by atoms with Crippen LogP contribution in [0.1, 0.15) is 67.4 Å². The number of aromatic nitrogens is 2. The van der Waals surface area contributed by atoms with Crippen LogP contribution < -0.4 is 10.2 Å². The van der Waals surface area contributed by atoms with E-state index in [4.69, 9.17) is 1.37 Å². The quantitative estimate of drug-likeness (QED) is 0.461. The number of nitrogens with zero attached hydrogens (tertiary/aromatic N) is 4. The average molecular weight is 581 g/mol. The van der Waals surface area contributed by atoms with Crippen LogP contribution in [0.15, 0.2) is 42.7 Å². The molecule has 0 unspecified atom stereocenters. The van der Waals surface area contributed by atoms with E-state index in [1.165, 1.54) is 9.80 Å². The molecule has 2 saturated heterocycles. The molecule has 1 aliphatic carbocycles. The molecule has 1 aromatic heterocycles. The average Bonchev–Trinajstić information content (AvgIpc) is 3.60. The second-order valence-corrected chi connectivity index (χ2v) is 11.5. The van der Waals surface area contributed by atoms with E-state index in [1.54, 1.807) is 24.4 Å². The van der Waals surface area contributed by atoms with Gasteiger partial charge < -0.3 is 4.90 Å². The molecule has 0 radical (unpaired) electrons. The van der Waals surface area contributed by atoms with Gasteiger partial charge in [-0.15, -0.1) is 0 Å². The number of likely N-dealkylation sites (tertiary alicyclic amines) is 1. The largest absolute Gasteiger partial charge is 0.403 e. The highest BCUT2D eigenvalue weighted by Crippen LogP contribution is 2.58. The van der Waals surface area contributed by atoms with Gasteiger partial charge in [-0.3, -0.25) is 34.1 Å². The number of piperidine rings is 2. The third-order valence-corrected chi connectivity index (χ3v) is 9.03. The van der Waals surface area contributed by atoms with Crippen molar-refractivity contribution < 1.29 is 33.7 Å². The minimum atomic E-state index is -4.51. The number of hydrogen-bond donors (Lipinski definition) is 1. The number of nitrogens with one attached hydrogen (secondary N) is 1. The number of alkyl halides is 3. The first-order valence-electron chi connectivity index (χ1n) is 14.6. The van der Waals surface area contributed by atoms with E-state index in [0.29, 0.717) is 35.9 Å². The molecule has 3 aliphatic heterocycles. The van der Waals surface area contributed by atoms with Crippen molar-refractivity contribution in [2.75, 3.05) is 18.0 Å². The molecule has 9 nitrogen and oxygen atoms in total. The van der Waals surface area contributed by atoms with Gasteiger partial charge in [0.1, 0.15) is 11.4 Å². The van der Waals surface area contributed by atoms with Crippen LogP contribution in [-0.2, 0) is 20.8 Å². The highest BCUT2D eigenvalue weighted by Gasteiger charge is 2.69. The summed E-state index contributed by atoms with van der Waals surface area (Å²) < 4.78 is 51.0. The Bertz CT molecular complexity index is 1710. The fraction of sp³-hybridized carbons (Fsp3) is 0.433. The van der Waals surface area contributed by atoms with Crippen LogP contribution in [0, 0.1) is 5.41 Å². The van der Waals surface area contributed by atoms with Crippen LogP contribution in [0.2, 0.25) is 0 Å². The summed E-state index contributed by atoms with van der Waals surface area (Å²) in [6.45, 7) is 0.499. The summed E-state index contributed by atoms with van der Waals surface area (Å²) in [6.07, 6.45) is 0.220. The molecule has 42 heavy (non-hydrogen) atoms. The standard InChI is InChI=1S/C30H28F3N5O4/c31-30(32,33)29(10-11-29)28(42)36-12-8-19(9-13-36)37-16-17(15-34-37)14-18-4-5-22-25-20(18)2-1-3-21(25)27(41)38(22)23-6-7-24(39)35-26(23)40/h1-5,15-16,19,23H,6-14H2,(H,35,39,40)/t23-/m0/s1/i23D. The van der Waals surface area contributed by atoms with Crippen LogP contribution in [0.3, 0.4) is 0 Å². The lowest BCUT2D eigenvalue weighted by Crippen LogP contribution is -2.53. The fourth-order valence-electron chi connectivity index (χ4n) is 6.55. The molecule has 0 spiro atoms. The minimum Gasteiger partial charge on any atom is -0.342 e. The van der Waals surface area contributed by atoms with Crippen LogP contribution in [-0.4, -0.2) is 63.6 Å². The Balaban J connectivity index is 1.09.